The van der Waals surface area contributed by atoms with Crippen LogP contribution in [0, 0.1) is 5.92 Å². The second kappa shape index (κ2) is 6.42. The van der Waals surface area contributed by atoms with E-state index in [9.17, 15) is 0 Å². The van der Waals surface area contributed by atoms with E-state index in [4.69, 9.17) is 23.2 Å². The fraction of sp³-hybridized carbons (Fsp3) is 0.357. The molecule has 0 spiro atoms. The van der Waals surface area contributed by atoms with Crippen molar-refractivity contribution in [3.8, 4) is 5.69 Å². The quantitative estimate of drug-likeness (QED) is 0.906. The van der Waals surface area contributed by atoms with E-state index in [1.54, 1.807) is 10.7 Å². The molecule has 1 N–H and O–H groups in total. The van der Waals surface area contributed by atoms with Crippen molar-refractivity contribution in [2.45, 2.75) is 20.4 Å². The van der Waals surface area contributed by atoms with Gasteiger partial charge in [0, 0.05) is 12.7 Å². The predicted molar refractivity (Wildman–Crippen MR) is 80.1 cm³/mol. The summed E-state index contributed by atoms with van der Waals surface area (Å²) in [4.78, 5) is 0. The number of hydrogen-bond acceptors (Lipinski definition) is 2. The smallest absolute Gasteiger partial charge is 0.0766 e. The van der Waals surface area contributed by atoms with Gasteiger partial charge in [0.1, 0.15) is 0 Å². The molecule has 0 fully saturated rings. The van der Waals surface area contributed by atoms with E-state index in [2.05, 4.69) is 24.3 Å². The van der Waals surface area contributed by atoms with Crippen molar-refractivity contribution in [1.82, 2.24) is 15.1 Å². The molecule has 1 aromatic heterocycles. The third-order valence-corrected chi connectivity index (χ3v) is 3.41. The van der Waals surface area contributed by atoms with Crippen LogP contribution in [-0.2, 0) is 6.54 Å². The second-order valence-electron chi connectivity index (χ2n) is 4.87. The molecule has 0 aliphatic heterocycles. The van der Waals surface area contributed by atoms with Crippen LogP contribution in [0.3, 0.4) is 0 Å². The summed E-state index contributed by atoms with van der Waals surface area (Å²) in [5, 5.41) is 8.95. The number of rotatable bonds is 5. The lowest BCUT2D eigenvalue weighted by atomic mass is 10.2. The van der Waals surface area contributed by atoms with Crippen LogP contribution in [0.5, 0.6) is 0 Å². The van der Waals surface area contributed by atoms with Crippen LogP contribution in [0.25, 0.3) is 5.69 Å². The number of aromatic nitrogens is 2. The Morgan fingerprint density at radius 1 is 1.21 bits per heavy atom. The van der Waals surface area contributed by atoms with Gasteiger partial charge in [0.25, 0.3) is 0 Å². The molecule has 2 aromatic rings. The number of nitrogens with zero attached hydrogens (tertiary/aromatic N) is 2. The van der Waals surface area contributed by atoms with Crippen LogP contribution in [0.1, 0.15) is 19.5 Å². The molecule has 19 heavy (non-hydrogen) atoms. The van der Waals surface area contributed by atoms with Crippen LogP contribution >= 0.6 is 23.2 Å². The number of nitrogens with one attached hydrogen (secondary N) is 1. The highest BCUT2D eigenvalue weighted by atomic mass is 35.5. The molecule has 0 unspecified atom stereocenters. The topological polar surface area (TPSA) is 29.9 Å². The summed E-state index contributed by atoms with van der Waals surface area (Å²) >= 11 is 11.9. The molecule has 0 aliphatic carbocycles. The first-order chi connectivity index (χ1) is 9.06. The Balaban J connectivity index is 2.05. The maximum Gasteiger partial charge on any atom is 0.0766 e. The molecule has 5 heteroatoms. The van der Waals surface area contributed by atoms with Crippen LogP contribution in [0.15, 0.2) is 30.5 Å². The van der Waals surface area contributed by atoms with Crippen molar-refractivity contribution in [3.63, 3.8) is 0 Å². The molecular weight excluding hydrogens is 281 g/mol. The van der Waals surface area contributed by atoms with Crippen molar-refractivity contribution < 1.29 is 0 Å². The van der Waals surface area contributed by atoms with E-state index in [1.165, 1.54) is 0 Å². The largest absolute Gasteiger partial charge is 0.311 e. The molecule has 0 amide bonds. The van der Waals surface area contributed by atoms with Gasteiger partial charge in [-0.3, -0.25) is 0 Å². The summed E-state index contributed by atoms with van der Waals surface area (Å²) in [6, 6.07) is 7.47. The van der Waals surface area contributed by atoms with Gasteiger partial charge in [0.05, 0.1) is 21.4 Å². The third kappa shape index (κ3) is 3.96. The highest BCUT2D eigenvalue weighted by Crippen LogP contribution is 2.24. The first-order valence-corrected chi connectivity index (χ1v) is 7.02. The summed E-state index contributed by atoms with van der Waals surface area (Å²) in [6.45, 7) is 6.12. The first kappa shape index (κ1) is 14.4. The standard InChI is InChI=1S/C14H17Cl2N3/c1-10(2)8-17-9-11-5-6-19(18-11)12-3-4-13(15)14(16)7-12/h3-7,10,17H,8-9H2,1-2H3. The lowest BCUT2D eigenvalue weighted by Gasteiger charge is -2.05. The molecule has 0 aliphatic rings. The van der Waals surface area contributed by atoms with Gasteiger partial charge in [-0.15, -0.1) is 0 Å². The highest BCUT2D eigenvalue weighted by Gasteiger charge is 2.04. The number of halogens is 2. The SMILES string of the molecule is CC(C)CNCc1ccn(-c2ccc(Cl)c(Cl)c2)n1. The van der Waals surface area contributed by atoms with E-state index in [0.29, 0.717) is 16.0 Å². The molecular formula is C14H17Cl2N3. The Kier molecular flexibility index (Phi) is 4.86. The zero-order valence-corrected chi connectivity index (χ0v) is 12.5. The number of benzene rings is 1. The van der Waals surface area contributed by atoms with Gasteiger partial charge in [-0.1, -0.05) is 37.0 Å². The molecule has 1 heterocycles. The van der Waals surface area contributed by atoms with Crippen LogP contribution in [-0.4, -0.2) is 16.3 Å². The molecule has 0 radical (unpaired) electrons. The minimum Gasteiger partial charge on any atom is -0.311 e. The predicted octanol–water partition coefficient (Wildman–Crippen LogP) is 3.92. The molecule has 0 atom stereocenters. The van der Waals surface area contributed by atoms with Gasteiger partial charge in [-0.25, -0.2) is 4.68 Å². The van der Waals surface area contributed by atoms with Crippen molar-refractivity contribution in [2.75, 3.05) is 6.54 Å². The average Bonchev–Trinajstić information content (AvgIpc) is 2.81. The second-order valence-corrected chi connectivity index (χ2v) is 5.69. The lowest BCUT2D eigenvalue weighted by Crippen LogP contribution is -2.19. The summed E-state index contributed by atoms with van der Waals surface area (Å²) in [6.07, 6.45) is 1.92. The zero-order valence-electron chi connectivity index (χ0n) is 11.0. The van der Waals surface area contributed by atoms with Gasteiger partial charge in [-0.05, 0) is 36.7 Å². The average molecular weight is 298 g/mol. The van der Waals surface area contributed by atoms with Gasteiger partial charge >= 0.3 is 0 Å². The molecule has 3 nitrogen and oxygen atoms in total. The summed E-state index contributed by atoms with van der Waals surface area (Å²) in [5.41, 5.74) is 1.91. The molecule has 0 saturated carbocycles. The Hall–Kier alpha value is -1.03. The first-order valence-electron chi connectivity index (χ1n) is 6.27. The van der Waals surface area contributed by atoms with Crippen molar-refractivity contribution in [1.29, 1.82) is 0 Å². The van der Waals surface area contributed by atoms with E-state index in [0.717, 1.165) is 24.5 Å². The Labute approximate surface area is 123 Å². The van der Waals surface area contributed by atoms with Crippen LogP contribution in [0.4, 0.5) is 0 Å². The van der Waals surface area contributed by atoms with E-state index >= 15 is 0 Å². The van der Waals surface area contributed by atoms with Crippen LogP contribution in [0.2, 0.25) is 10.0 Å². The highest BCUT2D eigenvalue weighted by molar-refractivity contribution is 6.42. The Morgan fingerprint density at radius 3 is 2.68 bits per heavy atom. The molecule has 2 rings (SSSR count). The van der Waals surface area contributed by atoms with Crippen molar-refractivity contribution >= 4 is 23.2 Å². The zero-order chi connectivity index (χ0) is 13.8. The van der Waals surface area contributed by atoms with Crippen LogP contribution < -0.4 is 5.32 Å². The third-order valence-electron chi connectivity index (χ3n) is 2.67. The van der Waals surface area contributed by atoms with Gasteiger partial charge < -0.3 is 5.32 Å². The maximum absolute atomic E-state index is 6.00. The van der Waals surface area contributed by atoms with Gasteiger partial charge in [-0.2, -0.15) is 5.10 Å². The van der Waals surface area contributed by atoms with Crippen molar-refractivity contribution in [3.05, 3.63) is 46.2 Å². The van der Waals surface area contributed by atoms with Gasteiger partial charge in [0.15, 0.2) is 0 Å². The number of hydrogen-bond donors (Lipinski definition) is 1. The molecule has 0 saturated heterocycles. The Morgan fingerprint density at radius 2 is 2.00 bits per heavy atom. The normalized spacial score (nSPS) is 11.2. The molecule has 0 bridgehead atoms. The minimum absolute atomic E-state index is 0.536. The van der Waals surface area contributed by atoms with E-state index in [-0.39, 0.29) is 0 Å². The van der Waals surface area contributed by atoms with Gasteiger partial charge in [0.2, 0.25) is 0 Å². The summed E-state index contributed by atoms with van der Waals surface area (Å²) < 4.78 is 1.80. The summed E-state index contributed by atoms with van der Waals surface area (Å²) in [7, 11) is 0. The lowest BCUT2D eigenvalue weighted by molar-refractivity contribution is 0.546. The van der Waals surface area contributed by atoms with E-state index < -0.39 is 0 Å². The van der Waals surface area contributed by atoms with E-state index in [1.807, 2.05) is 24.4 Å². The molecule has 1 aromatic carbocycles. The minimum atomic E-state index is 0.536. The Bertz CT molecular complexity index is 549. The fourth-order valence-corrected chi connectivity index (χ4v) is 2.01. The maximum atomic E-state index is 6.00. The summed E-state index contributed by atoms with van der Waals surface area (Å²) in [5.74, 6) is 0.636. The van der Waals surface area contributed by atoms with Crippen molar-refractivity contribution in [2.24, 2.45) is 5.92 Å². The molecule has 102 valence electrons. The monoisotopic (exact) mass is 297 g/mol. The fourth-order valence-electron chi connectivity index (χ4n) is 1.72.